The van der Waals surface area contributed by atoms with E-state index in [1.807, 2.05) is 41.3 Å². The van der Waals surface area contributed by atoms with Gasteiger partial charge in [0.25, 0.3) is 0 Å². The van der Waals surface area contributed by atoms with Crippen molar-refractivity contribution in [3.63, 3.8) is 0 Å². The summed E-state index contributed by atoms with van der Waals surface area (Å²) in [7, 11) is 0. The van der Waals surface area contributed by atoms with Gasteiger partial charge in [0.2, 0.25) is 5.91 Å². The molecule has 0 unspecified atom stereocenters. The van der Waals surface area contributed by atoms with Crippen LogP contribution in [-0.4, -0.2) is 43.5 Å². The van der Waals surface area contributed by atoms with Crippen LogP contribution in [0.25, 0.3) is 0 Å². The van der Waals surface area contributed by atoms with Crippen molar-refractivity contribution in [2.24, 2.45) is 0 Å². The standard InChI is InChI=1S/C20H24ClN3O/c1-16-5-2-3-8-19(16)22-10-9-20(25)24-13-11-23(12-14-24)18-7-4-6-17(21)15-18/h2-8,15,22H,9-14H2,1H3. The third-order valence-corrected chi connectivity index (χ3v) is 4.84. The van der Waals surface area contributed by atoms with E-state index in [1.165, 1.54) is 5.56 Å². The minimum absolute atomic E-state index is 0.215. The Morgan fingerprint density at radius 2 is 1.84 bits per heavy atom. The number of nitrogens with one attached hydrogen (secondary N) is 1. The fourth-order valence-corrected chi connectivity index (χ4v) is 3.30. The van der Waals surface area contributed by atoms with Gasteiger partial charge in [0.05, 0.1) is 0 Å². The van der Waals surface area contributed by atoms with Gasteiger partial charge in [-0.3, -0.25) is 4.79 Å². The molecule has 4 nitrogen and oxygen atoms in total. The van der Waals surface area contributed by atoms with E-state index in [-0.39, 0.29) is 5.91 Å². The van der Waals surface area contributed by atoms with Crippen molar-refractivity contribution in [3.05, 3.63) is 59.1 Å². The summed E-state index contributed by atoms with van der Waals surface area (Å²) in [6, 6.07) is 16.0. The number of carbonyl (C=O) groups excluding carboxylic acids is 1. The predicted molar refractivity (Wildman–Crippen MR) is 105 cm³/mol. The molecule has 2 aromatic rings. The average molecular weight is 358 g/mol. The van der Waals surface area contributed by atoms with Gasteiger partial charge in [-0.2, -0.15) is 0 Å². The number of amides is 1. The number of aryl methyl sites for hydroxylation is 1. The molecule has 1 aliphatic rings. The van der Waals surface area contributed by atoms with Crippen molar-refractivity contribution in [2.45, 2.75) is 13.3 Å². The molecule has 0 spiro atoms. The van der Waals surface area contributed by atoms with Gasteiger partial charge in [-0.15, -0.1) is 0 Å². The highest BCUT2D eigenvalue weighted by atomic mass is 35.5. The minimum atomic E-state index is 0.215. The maximum Gasteiger partial charge on any atom is 0.224 e. The van der Waals surface area contributed by atoms with Crippen molar-refractivity contribution in [1.82, 2.24) is 4.90 Å². The van der Waals surface area contributed by atoms with E-state index in [0.29, 0.717) is 13.0 Å². The van der Waals surface area contributed by atoms with Crippen molar-refractivity contribution >= 4 is 28.9 Å². The van der Waals surface area contributed by atoms with E-state index in [2.05, 4.69) is 29.3 Å². The molecule has 1 N–H and O–H groups in total. The highest BCUT2D eigenvalue weighted by molar-refractivity contribution is 6.30. The van der Waals surface area contributed by atoms with Gasteiger partial charge in [-0.05, 0) is 36.8 Å². The second-order valence-corrected chi connectivity index (χ2v) is 6.78. The van der Waals surface area contributed by atoms with Crippen LogP contribution in [0.5, 0.6) is 0 Å². The first kappa shape index (κ1) is 17.6. The molecular weight excluding hydrogens is 334 g/mol. The monoisotopic (exact) mass is 357 g/mol. The van der Waals surface area contributed by atoms with Crippen LogP contribution < -0.4 is 10.2 Å². The number of hydrogen-bond acceptors (Lipinski definition) is 3. The number of hydrogen-bond donors (Lipinski definition) is 1. The lowest BCUT2D eigenvalue weighted by Crippen LogP contribution is -2.49. The maximum absolute atomic E-state index is 12.4. The lowest BCUT2D eigenvalue weighted by atomic mass is 10.2. The summed E-state index contributed by atoms with van der Waals surface area (Å²) in [6.45, 7) is 5.94. The van der Waals surface area contributed by atoms with E-state index >= 15 is 0 Å². The van der Waals surface area contributed by atoms with Crippen LogP contribution in [0.1, 0.15) is 12.0 Å². The molecule has 0 bridgehead atoms. The summed E-state index contributed by atoms with van der Waals surface area (Å²) in [5, 5.41) is 4.10. The molecule has 0 atom stereocenters. The second-order valence-electron chi connectivity index (χ2n) is 6.34. The molecule has 1 aliphatic heterocycles. The Morgan fingerprint density at radius 3 is 2.56 bits per heavy atom. The van der Waals surface area contributed by atoms with Gasteiger partial charge in [-0.25, -0.2) is 0 Å². The lowest BCUT2D eigenvalue weighted by molar-refractivity contribution is -0.131. The normalized spacial score (nSPS) is 14.5. The molecular formula is C20H24ClN3O. The molecule has 2 aromatic carbocycles. The average Bonchev–Trinajstić information content (AvgIpc) is 2.63. The number of para-hydroxylation sites is 1. The van der Waals surface area contributed by atoms with Crippen LogP contribution in [-0.2, 0) is 4.79 Å². The number of nitrogens with zero attached hydrogens (tertiary/aromatic N) is 2. The van der Waals surface area contributed by atoms with Crippen molar-refractivity contribution in [1.29, 1.82) is 0 Å². The second kappa shape index (κ2) is 8.26. The fourth-order valence-electron chi connectivity index (χ4n) is 3.12. The summed E-state index contributed by atoms with van der Waals surface area (Å²) in [5.74, 6) is 0.215. The van der Waals surface area contributed by atoms with Gasteiger partial charge in [0.1, 0.15) is 0 Å². The molecule has 3 rings (SSSR count). The molecule has 0 saturated carbocycles. The van der Waals surface area contributed by atoms with E-state index in [4.69, 9.17) is 11.6 Å². The van der Waals surface area contributed by atoms with E-state index in [1.54, 1.807) is 0 Å². The summed E-state index contributed by atoms with van der Waals surface area (Å²) >= 11 is 6.06. The van der Waals surface area contributed by atoms with E-state index in [9.17, 15) is 4.79 Å². The molecule has 5 heteroatoms. The molecule has 0 aromatic heterocycles. The van der Waals surface area contributed by atoms with Gasteiger partial charge in [-0.1, -0.05) is 35.9 Å². The topological polar surface area (TPSA) is 35.6 Å². The molecule has 132 valence electrons. The Hall–Kier alpha value is -2.20. The lowest BCUT2D eigenvalue weighted by Gasteiger charge is -2.36. The van der Waals surface area contributed by atoms with Gasteiger partial charge < -0.3 is 15.1 Å². The zero-order valence-corrected chi connectivity index (χ0v) is 15.3. The highest BCUT2D eigenvalue weighted by Gasteiger charge is 2.21. The zero-order valence-electron chi connectivity index (χ0n) is 14.5. The Balaban J connectivity index is 1.45. The van der Waals surface area contributed by atoms with Crippen molar-refractivity contribution in [3.8, 4) is 0 Å². The molecule has 0 aliphatic carbocycles. The number of rotatable bonds is 5. The van der Waals surface area contributed by atoms with E-state index < -0.39 is 0 Å². The predicted octanol–water partition coefficient (Wildman–Crippen LogP) is 3.80. The molecule has 0 radical (unpaired) electrons. The largest absolute Gasteiger partial charge is 0.384 e. The zero-order chi connectivity index (χ0) is 17.6. The molecule has 25 heavy (non-hydrogen) atoms. The van der Waals surface area contributed by atoms with Gasteiger partial charge in [0.15, 0.2) is 0 Å². The Kier molecular flexibility index (Phi) is 5.82. The summed E-state index contributed by atoms with van der Waals surface area (Å²) in [4.78, 5) is 16.7. The molecule has 1 heterocycles. The van der Waals surface area contributed by atoms with Crippen LogP contribution in [0, 0.1) is 6.92 Å². The SMILES string of the molecule is Cc1ccccc1NCCC(=O)N1CCN(c2cccc(Cl)c2)CC1. The van der Waals surface area contributed by atoms with Crippen LogP contribution >= 0.6 is 11.6 Å². The molecule has 1 fully saturated rings. The van der Waals surface area contributed by atoms with Crippen LogP contribution in [0.4, 0.5) is 11.4 Å². The Labute approximate surface area is 154 Å². The Bertz CT molecular complexity index is 726. The van der Waals surface area contributed by atoms with Gasteiger partial charge in [0, 0.05) is 55.5 Å². The maximum atomic E-state index is 12.4. The third-order valence-electron chi connectivity index (χ3n) is 4.61. The first-order chi connectivity index (χ1) is 12.1. The third kappa shape index (κ3) is 4.67. The van der Waals surface area contributed by atoms with Crippen LogP contribution in [0.3, 0.4) is 0 Å². The molecule has 1 saturated heterocycles. The number of halogens is 1. The first-order valence-electron chi connectivity index (χ1n) is 8.71. The van der Waals surface area contributed by atoms with Crippen molar-refractivity contribution in [2.75, 3.05) is 42.9 Å². The number of anilines is 2. The van der Waals surface area contributed by atoms with E-state index in [0.717, 1.165) is 42.6 Å². The summed E-state index contributed by atoms with van der Waals surface area (Å²) in [6.07, 6.45) is 0.519. The highest BCUT2D eigenvalue weighted by Crippen LogP contribution is 2.21. The summed E-state index contributed by atoms with van der Waals surface area (Å²) in [5.41, 5.74) is 3.42. The minimum Gasteiger partial charge on any atom is -0.384 e. The number of carbonyl (C=O) groups is 1. The fraction of sp³-hybridized carbons (Fsp3) is 0.350. The van der Waals surface area contributed by atoms with Gasteiger partial charge >= 0.3 is 0 Å². The van der Waals surface area contributed by atoms with Crippen LogP contribution in [0.2, 0.25) is 5.02 Å². The molecule has 1 amide bonds. The number of piperazine rings is 1. The van der Waals surface area contributed by atoms with Crippen LogP contribution in [0.15, 0.2) is 48.5 Å². The first-order valence-corrected chi connectivity index (χ1v) is 9.09. The summed E-state index contributed by atoms with van der Waals surface area (Å²) < 4.78 is 0. The number of benzene rings is 2. The quantitative estimate of drug-likeness (QED) is 0.884. The Morgan fingerprint density at radius 1 is 1.08 bits per heavy atom. The van der Waals surface area contributed by atoms with Crippen molar-refractivity contribution < 1.29 is 4.79 Å². The smallest absolute Gasteiger partial charge is 0.224 e.